The molecule has 1 unspecified atom stereocenters. The number of halogens is 1. The Balaban J connectivity index is 1.33. The van der Waals surface area contributed by atoms with Crippen LogP contribution in [0.4, 0.5) is 9.18 Å². The van der Waals surface area contributed by atoms with Gasteiger partial charge in [0, 0.05) is 12.8 Å². The summed E-state index contributed by atoms with van der Waals surface area (Å²) in [6.07, 6.45) is -0.816. The molecular weight excluding hydrogens is 599 g/mol. The highest BCUT2D eigenvalue weighted by atomic mass is 19.1. The maximum Gasteiger partial charge on any atom is 0.411 e. The fourth-order valence-electron chi connectivity index (χ4n) is 5.55. The van der Waals surface area contributed by atoms with Gasteiger partial charge in [-0.2, -0.15) is 0 Å². The molecule has 0 aliphatic carbocycles. The quantitative estimate of drug-likeness (QED) is 0.203. The largest absolute Gasteiger partial charge is 0.486 e. The van der Waals surface area contributed by atoms with Crippen molar-refractivity contribution in [2.45, 2.75) is 70.9 Å². The number of hydrogen-bond acceptors (Lipinski definition) is 5. The van der Waals surface area contributed by atoms with Gasteiger partial charge in [0.1, 0.15) is 35.4 Å². The Morgan fingerprint density at radius 2 is 1.57 bits per heavy atom. The molecular formula is C38H39FN2O6. The predicted octanol–water partition coefficient (Wildman–Crippen LogP) is 7.11. The second-order valence-electron chi connectivity index (χ2n) is 12.7. The van der Waals surface area contributed by atoms with Crippen LogP contribution in [0.5, 0.6) is 5.75 Å². The van der Waals surface area contributed by atoms with E-state index in [0.717, 1.165) is 33.4 Å². The van der Waals surface area contributed by atoms with Crippen molar-refractivity contribution in [2.75, 3.05) is 0 Å². The maximum atomic E-state index is 13.8. The van der Waals surface area contributed by atoms with E-state index in [1.54, 1.807) is 39.0 Å². The molecule has 244 valence electrons. The Labute approximate surface area is 274 Å². The van der Waals surface area contributed by atoms with Crippen LogP contribution in [0.2, 0.25) is 0 Å². The van der Waals surface area contributed by atoms with E-state index in [1.165, 1.54) is 17.0 Å². The zero-order chi connectivity index (χ0) is 33.7. The fraction of sp³-hybridized carbons (Fsp3) is 0.289. The molecule has 2 N–H and O–H groups in total. The lowest BCUT2D eigenvalue weighted by Gasteiger charge is -2.37. The Morgan fingerprint density at radius 1 is 0.915 bits per heavy atom. The van der Waals surface area contributed by atoms with Crippen molar-refractivity contribution in [1.82, 2.24) is 10.2 Å². The van der Waals surface area contributed by atoms with Crippen molar-refractivity contribution in [3.05, 3.63) is 125 Å². The summed E-state index contributed by atoms with van der Waals surface area (Å²) in [6, 6.07) is 26.7. The van der Waals surface area contributed by atoms with Crippen LogP contribution in [-0.2, 0) is 33.7 Å². The van der Waals surface area contributed by atoms with Crippen molar-refractivity contribution in [1.29, 1.82) is 0 Å². The first-order valence-electron chi connectivity index (χ1n) is 15.6. The number of carbonyl (C=O) groups excluding carboxylic acids is 2. The number of benzene rings is 4. The molecule has 8 nitrogen and oxygen atoms in total. The standard InChI is InChI=1S/C38H39FN2O6/c1-24(26-14-17-31(39)18-15-26)46-32-19-16-29-22-34(41(23-30(29)21-32)37(45)47-38(2,3)4)35(42)40-33(36(43)44)20-25-10-12-28(13-11-25)27-8-6-5-7-9-27/h5-19,21,24,33-34H,20,22-23H2,1-4H3,(H,40,42)(H,43,44)/t24?,33-,34-/m0/s1. The van der Waals surface area contributed by atoms with E-state index >= 15 is 0 Å². The molecule has 4 aromatic rings. The van der Waals surface area contributed by atoms with Crippen molar-refractivity contribution in [2.24, 2.45) is 0 Å². The van der Waals surface area contributed by atoms with Gasteiger partial charge in [0.15, 0.2) is 0 Å². The highest BCUT2D eigenvalue weighted by molar-refractivity contribution is 5.90. The molecule has 0 fully saturated rings. The molecule has 0 aromatic heterocycles. The summed E-state index contributed by atoms with van der Waals surface area (Å²) in [7, 11) is 0. The van der Waals surface area contributed by atoms with Gasteiger partial charge in [0.05, 0.1) is 6.54 Å². The summed E-state index contributed by atoms with van der Waals surface area (Å²) in [5.41, 5.74) is 4.38. The third-order valence-corrected chi connectivity index (χ3v) is 8.01. The third-order valence-electron chi connectivity index (χ3n) is 8.01. The number of ether oxygens (including phenoxy) is 2. The van der Waals surface area contributed by atoms with Crippen LogP contribution in [0.3, 0.4) is 0 Å². The molecule has 0 saturated heterocycles. The number of carboxylic acid groups (broad SMARTS) is 1. The zero-order valence-corrected chi connectivity index (χ0v) is 26.9. The average Bonchev–Trinajstić information content (AvgIpc) is 3.04. The van der Waals surface area contributed by atoms with Crippen molar-refractivity contribution in [3.63, 3.8) is 0 Å². The third kappa shape index (κ3) is 8.55. The Morgan fingerprint density at radius 3 is 2.21 bits per heavy atom. The highest BCUT2D eigenvalue weighted by Crippen LogP contribution is 2.31. The topological polar surface area (TPSA) is 105 Å². The normalized spacial score (nSPS) is 15.6. The van der Waals surface area contributed by atoms with E-state index in [-0.39, 0.29) is 31.3 Å². The van der Waals surface area contributed by atoms with Gasteiger partial charge in [-0.1, -0.05) is 72.8 Å². The molecule has 0 spiro atoms. The van der Waals surface area contributed by atoms with Crippen LogP contribution in [-0.4, -0.2) is 45.7 Å². The van der Waals surface area contributed by atoms with Gasteiger partial charge < -0.3 is 19.9 Å². The molecule has 1 aliphatic heterocycles. The molecule has 0 bridgehead atoms. The van der Waals surface area contributed by atoms with Gasteiger partial charge in [-0.3, -0.25) is 9.69 Å². The Kier molecular flexibility index (Phi) is 9.94. The summed E-state index contributed by atoms with van der Waals surface area (Å²) >= 11 is 0. The first-order chi connectivity index (χ1) is 22.4. The van der Waals surface area contributed by atoms with Crippen LogP contribution in [0.1, 0.15) is 56.1 Å². The van der Waals surface area contributed by atoms with Crippen LogP contribution in [0.25, 0.3) is 11.1 Å². The van der Waals surface area contributed by atoms with Crippen LogP contribution in [0, 0.1) is 5.82 Å². The lowest BCUT2D eigenvalue weighted by atomic mass is 9.93. The summed E-state index contributed by atoms with van der Waals surface area (Å²) in [5.74, 6) is -1.54. The first kappa shape index (κ1) is 33.2. The minimum atomic E-state index is -1.21. The number of aliphatic carboxylic acids is 1. The molecule has 3 atom stereocenters. The second-order valence-corrected chi connectivity index (χ2v) is 12.7. The number of nitrogens with zero attached hydrogens (tertiary/aromatic N) is 1. The molecule has 9 heteroatoms. The molecule has 2 amide bonds. The van der Waals surface area contributed by atoms with E-state index in [1.807, 2.05) is 73.7 Å². The van der Waals surface area contributed by atoms with Gasteiger partial charge in [0.25, 0.3) is 0 Å². The van der Waals surface area contributed by atoms with Crippen LogP contribution >= 0.6 is 0 Å². The van der Waals surface area contributed by atoms with E-state index < -0.39 is 35.7 Å². The number of carbonyl (C=O) groups is 3. The maximum absolute atomic E-state index is 13.8. The SMILES string of the molecule is CC(Oc1ccc2c(c1)CN(C(=O)OC(C)(C)C)[C@H](C(=O)N[C@@H](Cc1ccc(-c3ccccc3)cc1)C(=O)O)C2)c1ccc(F)cc1. The number of fused-ring (bicyclic) bond motifs is 1. The first-order valence-corrected chi connectivity index (χ1v) is 15.6. The van der Waals surface area contributed by atoms with E-state index in [4.69, 9.17) is 9.47 Å². The number of hydrogen-bond donors (Lipinski definition) is 2. The van der Waals surface area contributed by atoms with Gasteiger partial charge in [-0.05, 0) is 85.3 Å². The number of nitrogens with one attached hydrogen (secondary N) is 1. The van der Waals surface area contributed by atoms with Gasteiger partial charge in [0.2, 0.25) is 5.91 Å². The summed E-state index contributed by atoms with van der Waals surface area (Å²) in [6.45, 7) is 7.14. The highest BCUT2D eigenvalue weighted by Gasteiger charge is 2.38. The smallest absolute Gasteiger partial charge is 0.411 e. The number of amides is 2. The van der Waals surface area contributed by atoms with Crippen molar-refractivity contribution < 1.29 is 33.4 Å². The molecule has 1 heterocycles. The summed E-state index contributed by atoms with van der Waals surface area (Å²) in [5, 5.41) is 12.7. The van der Waals surface area contributed by atoms with Gasteiger partial charge in [-0.25, -0.2) is 14.0 Å². The minimum absolute atomic E-state index is 0.0587. The molecule has 47 heavy (non-hydrogen) atoms. The van der Waals surface area contributed by atoms with E-state index in [9.17, 15) is 23.9 Å². The minimum Gasteiger partial charge on any atom is -0.486 e. The van der Waals surface area contributed by atoms with Gasteiger partial charge in [-0.15, -0.1) is 0 Å². The van der Waals surface area contributed by atoms with Crippen molar-refractivity contribution >= 4 is 18.0 Å². The monoisotopic (exact) mass is 638 g/mol. The zero-order valence-electron chi connectivity index (χ0n) is 26.9. The lowest BCUT2D eigenvalue weighted by Crippen LogP contribution is -2.56. The summed E-state index contributed by atoms with van der Waals surface area (Å²) in [4.78, 5) is 40.8. The second kappa shape index (κ2) is 14.1. The number of rotatable bonds is 9. The Bertz CT molecular complexity index is 1720. The van der Waals surface area contributed by atoms with Crippen molar-refractivity contribution in [3.8, 4) is 16.9 Å². The molecule has 4 aromatic carbocycles. The lowest BCUT2D eigenvalue weighted by molar-refractivity contribution is -0.142. The Hall–Kier alpha value is -5.18. The molecule has 1 aliphatic rings. The summed E-state index contributed by atoms with van der Waals surface area (Å²) < 4.78 is 25.2. The fourth-order valence-corrected chi connectivity index (χ4v) is 5.55. The van der Waals surface area contributed by atoms with Gasteiger partial charge >= 0.3 is 12.1 Å². The molecule has 0 radical (unpaired) electrons. The van der Waals surface area contributed by atoms with Crippen LogP contribution < -0.4 is 10.1 Å². The molecule has 0 saturated carbocycles. The molecule has 5 rings (SSSR count). The van der Waals surface area contributed by atoms with Crippen LogP contribution in [0.15, 0.2) is 97.1 Å². The average molecular weight is 639 g/mol. The predicted molar refractivity (Wildman–Crippen MR) is 176 cm³/mol. The van der Waals surface area contributed by atoms with E-state index in [0.29, 0.717) is 5.75 Å². The number of carboxylic acids is 1. The van der Waals surface area contributed by atoms with E-state index in [2.05, 4.69) is 5.32 Å².